The van der Waals surface area contributed by atoms with Crippen LogP contribution in [-0.2, 0) is 15.1 Å². The van der Waals surface area contributed by atoms with Crippen molar-refractivity contribution in [1.29, 1.82) is 0 Å². The molecule has 3 heteroatoms. The molecule has 1 aromatic carbocycles. The van der Waals surface area contributed by atoms with Crippen LogP contribution in [0.25, 0.3) is 0 Å². The summed E-state index contributed by atoms with van der Waals surface area (Å²) in [5.41, 5.74) is 1.44. The van der Waals surface area contributed by atoms with Crippen molar-refractivity contribution in [3.8, 4) is 0 Å². The minimum Gasteiger partial charge on any atom is -0.468 e. The fourth-order valence-corrected chi connectivity index (χ4v) is 4.27. The van der Waals surface area contributed by atoms with Crippen LogP contribution in [0, 0.1) is 5.92 Å². The Morgan fingerprint density at radius 1 is 1.30 bits per heavy atom. The van der Waals surface area contributed by atoms with E-state index < -0.39 is 0 Å². The quantitative estimate of drug-likeness (QED) is 0.793. The monoisotopic (exact) mass is 273 g/mol. The van der Waals surface area contributed by atoms with Crippen LogP contribution in [0.5, 0.6) is 0 Å². The number of nitrogens with zero attached hydrogens (tertiary/aromatic N) is 1. The van der Waals surface area contributed by atoms with Gasteiger partial charge < -0.3 is 4.74 Å². The van der Waals surface area contributed by atoms with Crippen LogP contribution in [0.3, 0.4) is 0 Å². The Balaban J connectivity index is 1.96. The van der Waals surface area contributed by atoms with Crippen molar-refractivity contribution in [1.82, 2.24) is 4.90 Å². The number of methoxy groups -OCH3 is 1. The van der Waals surface area contributed by atoms with Gasteiger partial charge in [-0.05, 0) is 37.3 Å². The predicted molar refractivity (Wildman–Crippen MR) is 78.3 cm³/mol. The number of rotatable bonds is 3. The van der Waals surface area contributed by atoms with Gasteiger partial charge in [0.2, 0.25) is 0 Å². The number of fused-ring (bicyclic) bond motifs is 1. The number of likely N-dealkylation sites (tertiary alicyclic amines) is 1. The maximum Gasteiger partial charge on any atom is 0.319 e. The number of hydrogen-bond acceptors (Lipinski definition) is 3. The molecule has 0 aromatic heterocycles. The van der Waals surface area contributed by atoms with E-state index >= 15 is 0 Å². The van der Waals surface area contributed by atoms with Crippen molar-refractivity contribution in [3.05, 3.63) is 35.9 Å². The first-order valence-corrected chi connectivity index (χ1v) is 7.65. The lowest BCUT2D eigenvalue weighted by Gasteiger charge is -2.45. The van der Waals surface area contributed by atoms with E-state index in [0.717, 1.165) is 6.54 Å². The summed E-state index contributed by atoms with van der Waals surface area (Å²) >= 11 is 0. The van der Waals surface area contributed by atoms with Gasteiger partial charge >= 0.3 is 5.97 Å². The van der Waals surface area contributed by atoms with Crippen LogP contribution in [0.1, 0.15) is 37.7 Å². The lowest BCUT2D eigenvalue weighted by atomic mass is 9.69. The Bertz CT molecular complexity index is 473. The normalized spacial score (nSPS) is 29.9. The van der Waals surface area contributed by atoms with E-state index in [4.69, 9.17) is 4.74 Å². The lowest BCUT2D eigenvalue weighted by Crippen LogP contribution is -2.48. The smallest absolute Gasteiger partial charge is 0.319 e. The third-order valence-electron chi connectivity index (χ3n) is 5.17. The molecule has 20 heavy (non-hydrogen) atoms. The van der Waals surface area contributed by atoms with Crippen molar-refractivity contribution >= 4 is 5.97 Å². The highest BCUT2D eigenvalue weighted by molar-refractivity contribution is 5.71. The Labute approximate surface area is 120 Å². The molecule has 2 aliphatic rings. The van der Waals surface area contributed by atoms with Crippen molar-refractivity contribution in [3.63, 3.8) is 0 Å². The van der Waals surface area contributed by atoms with Gasteiger partial charge in [-0.1, -0.05) is 43.2 Å². The Morgan fingerprint density at radius 3 is 2.85 bits per heavy atom. The summed E-state index contributed by atoms with van der Waals surface area (Å²) in [6, 6.07) is 10.8. The van der Waals surface area contributed by atoms with Gasteiger partial charge in [0.25, 0.3) is 0 Å². The van der Waals surface area contributed by atoms with Crippen LogP contribution in [0.4, 0.5) is 0 Å². The molecule has 0 amide bonds. The molecule has 0 spiro atoms. The van der Waals surface area contributed by atoms with E-state index in [-0.39, 0.29) is 11.5 Å². The topological polar surface area (TPSA) is 29.5 Å². The largest absolute Gasteiger partial charge is 0.468 e. The molecule has 3 rings (SSSR count). The molecular formula is C17H23NO2. The summed E-state index contributed by atoms with van der Waals surface area (Å²) in [5.74, 6) is 0.565. The number of esters is 1. The molecule has 3 nitrogen and oxygen atoms in total. The van der Waals surface area contributed by atoms with Crippen LogP contribution in [0.2, 0.25) is 0 Å². The molecule has 108 valence electrons. The van der Waals surface area contributed by atoms with Crippen LogP contribution < -0.4 is 0 Å². The molecule has 0 unspecified atom stereocenters. The third-order valence-corrected chi connectivity index (χ3v) is 5.17. The van der Waals surface area contributed by atoms with Crippen molar-refractivity contribution in [2.75, 3.05) is 20.2 Å². The first-order chi connectivity index (χ1) is 9.77. The summed E-state index contributed by atoms with van der Waals surface area (Å²) < 4.78 is 4.89. The maximum atomic E-state index is 11.8. The zero-order chi connectivity index (χ0) is 14.0. The second-order valence-corrected chi connectivity index (χ2v) is 6.02. The van der Waals surface area contributed by atoms with E-state index in [1.807, 2.05) is 0 Å². The molecule has 2 fully saturated rings. The van der Waals surface area contributed by atoms with Crippen molar-refractivity contribution in [2.24, 2.45) is 5.92 Å². The fraction of sp³-hybridized carbons (Fsp3) is 0.588. The number of benzene rings is 1. The zero-order valence-electron chi connectivity index (χ0n) is 12.2. The van der Waals surface area contributed by atoms with Gasteiger partial charge in [-0.15, -0.1) is 0 Å². The van der Waals surface area contributed by atoms with Gasteiger partial charge in [0, 0.05) is 5.54 Å². The summed E-state index contributed by atoms with van der Waals surface area (Å²) in [6.07, 6.45) is 6.23. The molecule has 0 bridgehead atoms. The van der Waals surface area contributed by atoms with Crippen LogP contribution in [0.15, 0.2) is 30.3 Å². The predicted octanol–water partition coefficient (Wildman–Crippen LogP) is 2.95. The third kappa shape index (κ3) is 2.14. The van der Waals surface area contributed by atoms with Gasteiger partial charge in [0.1, 0.15) is 0 Å². The molecule has 1 aliphatic carbocycles. The number of hydrogen-bond donors (Lipinski definition) is 0. The fourth-order valence-electron chi connectivity index (χ4n) is 4.27. The highest BCUT2D eigenvalue weighted by atomic mass is 16.5. The van der Waals surface area contributed by atoms with Gasteiger partial charge in [0.15, 0.2) is 0 Å². The average molecular weight is 273 g/mol. The van der Waals surface area contributed by atoms with Gasteiger partial charge in [-0.3, -0.25) is 9.69 Å². The Kier molecular flexibility index (Phi) is 3.79. The van der Waals surface area contributed by atoms with E-state index in [9.17, 15) is 4.79 Å². The zero-order valence-corrected chi connectivity index (χ0v) is 12.2. The average Bonchev–Trinajstić information content (AvgIpc) is 2.88. The molecule has 2 atom stereocenters. The number of carbonyl (C=O) groups excluding carboxylic acids is 1. The van der Waals surface area contributed by atoms with Gasteiger partial charge in [-0.25, -0.2) is 0 Å². The summed E-state index contributed by atoms with van der Waals surface area (Å²) in [5, 5.41) is 0. The minimum absolute atomic E-state index is 0.0632. The van der Waals surface area contributed by atoms with E-state index in [1.54, 1.807) is 0 Å². The van der Waals surface area contributed by atoms with Crippen molar-refractivity contribution < 1.29 is 9.53 Å². The highest BCUT2D eigenvalue weighted by Crippen LogP contribution is 2.51. The minimum atomic E-state index is -0.119. The van der Waals surface area contributed by atoms with Crippen LogP contribution in [-0.4, -0.2) is 31.1 Å². The molecular weight excluding hydrogens is 250 g/mol. The molecule has 0 N–H and O–H groups in total. The molecule has 1 saturated carbocycles. The standard InChI is InChI=1S/C17H23NO2/c1-20-16(19)13-18-12-10-15-9-5-6-11-17(15,18)14-7-3-2-4-8-14/h2-4,7-8,15H,5-6,9-13H2,1H3/t15-,17+/m0/s1. The second-order valence-electron chi connectivity index (χ2n) is 6.02. The SMILES string of the molecule is COC(=O)CN1CC[C@@H]2CCCC[C@@]21c1ccccc1. The maximum absolute atomic E-state index is 11.8. The van der Waals surface area contributed by atoms with E-state index in [2.05, 4.69) is 35.2 Å². The molecule has 1 heterocycles. The second kappa shape index (κ2) is 5.57. The summed E-state index contributed by atoms with van der Waals surface area (Å²) in [7, 11) is 1.48. The number of ether oxygens (including phenoxy) is 1. The number of carbonyl (C=O) groups is 1. The van der Waals surface area contributed by atoms with Gasteiger partial charge in [-0.2, -0.15) is 0 Å². The first-order valence-electron chi connectivity index (χ1n) is 7.65. The van der Waals surface area contributed by atoms with E-state index in [0.29, 0.717) is 12.5 Å². The van der Waals surface area contributed by atoms with Crippen molar-refractivity contribution in [2.45, 2.75) is 37.6 Å². The molecule has 1 aliphatic heterocycles. The van der Waals surface area contributed by atoms with Gasteiger partial charge in [0.05, 0.1) is 13.7 Å². The Morgan fingerprint density at radius 2 is 2.10 bits per heavy atom. The Hall–Kier alpha value is -1.35. The summed E-state index contributed by atoms with van der Waals surface area (Å²) in [6.45, 7) is 1.43. The lowest BCUT2D eigenvalue weighted by molar-refractivity contribution is -0.143. The molecule has 0 radical (unpaired) electrons. The first kappa shape index (κ1) is 13.6. The highest BCUT2D eigenvalue weighted by Gasteiger charge is 2.50. The molecule has 1 aromatic rings. The van der Waals surface area contributed by atoms with E-state index in [1.165, 1.54) is 44.8 Å². The summed E-state index contributed by atoms with van der Waals surface area (Å²) in [4.78, 5) is 14.1. The molecule has 1 saturated heterocycles. The van der Waals surface area contributed by atoms with Crippen LogP contribution >= 0.6 is 0 Å².